The largest absolute Gasteiger partial charge is 0.375 e. The van der Waals surface area contributed by atoms with Crippen LogP contribution in [-0.4, -0.2) is 48.8 Å². The summed E-state index contributed by atoms with van der Waals surface area (Å²) in [6.45, 7) is 6.81. The smallest absolute Gasteiger partial charge is 0.191 e. The standard InChI is InChI=1S/C13H22N4O2S/c1-9-7-17(4-5-19-9)13(14)15-6-11-8-20-12(16-11)10(2)18-3/h8-10H,4-7H2,1-3H3,(H2,14,15). The Morgan fingerprint density at radius 2 is 2.55 bits per heavy atom. The van der Waals surface area contributed by atoms with E-state index < -0.39 is 0 Å². The summed E-state index contributed by atoms with van der Waals surface area (Å²) in [6.07, 6.45) is 0.223. The second-order valence-corrected chi connectivity index (χ2v) is 5.75. The van der Waals surface area contributed by atoms with Gasteiger partial charge in [0.1, 0.15) is 11.1 Å². The molecule has 7 heteroatoms. The maximum Gasteiger partial charge on any atom is 0.191 e. The molecule has 20 heavy (non-hydrogen) atoms. The van der Waals surface area contributed by atoms with Gasteiger partial charge >= 0.3 is 0 Å². The summed E-state index contributed by atoms with van der Waals surface area (Å²) in [7, 11) is 1.68. The van der Waals surface area contributed by atoms with Gasteiger partial charge in [0.25, 0.3) is 0 Å². The van der Waals surface area contributed by atoms with E-state index in [4.69, 9.17) is 15.2 Å². The summed E-state index contributed by atoms with van der Waals surface area (Å²) in [5, 5.41) is 2.97. The highest BCUT2D eigenvalue weighted by Gasteiger charge is 2.18. The zero-order valence-corrected chi connectivity index (χ0v) is 13.0. The molecule has 0 saturated carbocycles. The summed E-state index contributed by atoms with van der Waals surface area (Å²) in [4.78, 5) is 11.0. The zero-order chi connectivity index (χ0) is 14.5. The van der Waals surface area contributed by atoms with Gasteiger partial charge in [-0.25, -0.2) is 9.98 Å². The van der Waals surface area contributed by atoms with E-state index in [1.807, 2.05) is 19.2 Å². The molecular weight excluding hydrogens is 276 g/mol. The Kier molecular flexibility index (Phi) is 5.33. The lowest BCUT2D eigenvalue weighted by molar-refractivity contribution is 0.00528. The van der Waals surface area contributed by atoms with Crippen LogP contribution in [0.1, 0.15) is 30.7 Å². The number of morpholine rings is 1. The molecule has 2 unspecified atom stereocenters. The van der Waals surface area contributed by atoms with Gasteiger partial charge in [-0.05, 0) is 13.8 Å². The van der Waals surface area contributed by atoms with Crippen LogP contribution in [0.25, 0.3) is 0 Å². The van der Waals surface area contributed by atoms with E-state index in [2.05, 4.69) is 14.9 Å². The monoisotopic (exact) mass is 298 g/mol. The van der Waals surface area contributed by atoms with E-state index in [9.17, 15) is 0 Å². The molecule has 1 fully saturated rings. The van der Waals surface area contributed by atoms with Crippen LogP contribution >= 0.6 is 11.3 Å². The van der Waals surface area contributed by atoms with Gasteiger partial charge in [-0.3, -0.25) is 0 Å². The molecule has 0 spiro atoms. The summed E-state index contributed by atoms with van der Waals surface area (Å²) < 4.78 is 10.7. The number of hydrogen-bond donors (Lipinski definition) is 1. The van der Waals surface area contributed by atoms with Gasteiger partial charge in [0, 0.05) is 25.6 Å². The highest BCUT2D eigenvalue weighted by Crippen LogP contribution is 2.20. The van der Waals surface area contributed by atoms with Crippen LogP contribution in [0.4, 0.5) is 0 Å². The maximum atomic E-state index is 6.02. The SMILES string of the molecule is COC(C)c1nc(CN=C(N)N2CCOC(C)C2)cs1. The predicted octanol–water partition coefficient (Wildman–Crippen LogP) is 1.39. The first-order valence-electron chi connectivity index (χ1n) is 6.73. The third kappa shape index (κ3) is 3.91. The Morgan fingerprint density at radius 3 is 3.25 bits per heavy atom. The Morgan fingerprint density at radius 1 is 1.75 bits per heavy atom. The van der Waals surface area contributed by atoms with Crippen LogP contribution < -0.4 is 5.73 Å². The molecular formula is C13H22N4O2S. The number of methoxy groups -OCH3 is 1. The lowest BCUT2D eigenvalue weighted by atomic mass is 10.3. The van der Waals surface area contributed by atoms with Gasteiger partial charge in [0.15, 0.2) is 5.96 Å². The minimum absolute atomic E-state index is 0.0233. The molecule has 1 aliphatic heterocycles. The van der Waals surface area contributed by atoms with Crippen molar-refractivity contribution in [3.05, 3.63) is 16.1 Å². The molecule has 2 N–H and O–H groups in total. The number of aliphatic imine (C=N–C) groups is 1. The number of guanidine groups is 1. The van der Waals surface area contributed by atoms with Gasteiger partial charge < -0.3 is 20.1 Å². The number of ether oxygens (including phenoxy) is 2. The molecule has 1 aliphatic rings. The Balaban J connectivity index is 1.92. The van der Waals surface area contributed by atoms with Crippen molar-refractivity contribution in [2.24, 2.45) is 10.7 Å². The fourth-order valence-electron chi connectivity index (χ4n) is 1.97. The maximum absolute atomic E-state index is 6.02. The van der Waals surface area contributed by atoms with Crippen LogP contribution in [0.2, 0.25) is 0 Å². The summed E-state index contributed by atoms with van der Waals surface area (Å²) in [5.74, 6) is 0.564. The van der Waals surface area contributed by atoms with Crippen LogP contribution in [0.5, 0.6) is 0 Å². The summed E-state index contributed by atoms with van der Waals surface area (Å²) >= 11 is 1.59. The minimum atomic E-state index is 0.0233. The van der Waals surface area contributed by atoms with Gasteiger partial charge in [-0.2, -0.15) is 0 Å². The van der Waals surface area contributed by atoms with E-state index in [1.165, 1.54) is 0 Å². The van der Waals surface area contributed by atoms with Crippen molar-refractivity contribution in [2.45, 2.75) is 32.6 Å². The molecule has 6 nitrogen and oxygen atoms in total. The summed E-state index contributed by atoms with van der Waals surface area (Å²) in [5.41, 5.74) is 6.95. The molecule has 0 aliphatic carbocycles. The average Bonchev–Trinajstić information content (AvgIpc) is 2.92. The molecule has 2 atom stereocenters. The van der Waals surface area contributed by atoms with Gasteiger partial charge in [-0.15, -0.1) is 11.3 Å². The van der Waals surface area contributed by atoms with Crippen LogP contribution in [0.15, 0.2) is 10.4 Å². The van der Waals surface area contributed by atoms with Gasteiger partial charge in [0.05, 0.1) is 24.9 Å². The number of nitrogens with zero attached hydrogens (tertiary/aromatic N) is 3. The molecule has 0 bridgehead atoms. The van der Waals surface area contributed by atoms with E-state index in [0.29, 0.717) is 19.1 Å². The van der Waals surface area contributed by atoms with Crippen molar-refractivity contribution in [1.29, 1.82) is 0 Å². The molecule has 0 aromatic carbocycles. The Hall–Kier alpha value is -1.18. The van der Waals surface area contributed by atoms with Crippen molar-refractivity contribution >= 4 is 17.3 Å². The fraction of sp³-hybridized carbons (Fsp3) is 0.692. The van der Waals surface area contributed by atoms with Gasteiger partial charge in [0.2, 0.25) is 0 Å². The molecule has 1 aromatic rings. The zero-order valence-electron chi connectivity index (χ0n) is 12.2. The Labute approximate surface area is 123 Å². The van der Waals surface area contributed by atoms with Gasteiger partial charge in [-0.1, -0.05) is 0 Å². The third-order valence-corrected chi connectivity index (χ3v) is 4.29. The molecule has 1 saturated heterocycles. The van der Waals surface area contributed by atoms with Crippen molar-refractivity contribution in [1.82, 2.24) is 9.88 Å². The highest BCUT2D eigenvalue weighted by molar-refractivity contribution is 7.09. The normalized spacial score (nSPS) is 22.1. The Bertz CT molecular complexity index is 463. The molecule has 2 heterocycles. The van der Waals surface area contributed by atoms with E-state index in [1.54, 1.807) is 18.4 Å². The summed E-state index contributed by atoms with van der Waals surface area (Å²) in [6, 6.07) is 0. The van der Waals surface area contributed by atoms with Crippen LogP contribution in [0, 0.1) is 0 Å². The number of aromatic nitrogens is 1. The first kappa shape index (κ1) is 15.2. The van der Waals surface area contributed by atoms with E-state index in [0.717, 1.165) is 23.8 Å². The molecule has 112 valence electrons. The van der Waals surface area contributed by atoms with Crippen molar-refractivity contribution in [2.75, 3.05) is 26.8 Å². The predicted molar refractivity (Wildman–Crippen MR) is 79.9 cm³/mol. The van der Waals surface area contributed by atoms with E-state index >= 15 is 0 Å². The third-order valence-electron chi connectivity index (χ3n) is 3.24. The number of rotatable bonds is 4. The van der Waals surface area contributed by atoms with Crippen molar-refractivity contribution in [3.63, 3.8) is 0 Å². The topological polar surface area (TPSA) is 73.0 Å². The van der Waals surface area contributed by atoms with Crippen LogP contribution in [0.3, 0.4) is 0 Å². The second-order valence-electron chi connectivity index (χ2n) is 4.86. The fourth-order valence-corrected chi connectivity index (χ4v) is 2.81. The van der Waals surface area contributed by atoms with Crippen LogP contribution in [-0.2, 0) is 16.0 Å². The van der Waals surface area contributed by atoms with Crippen molar-refractivity contribution < 1.29 is 9.47 Å². The number of nitrogens with two attached hydrogens (primary N) is 1. The number of thiazole rings is 1. The molecule has 2 rings (SSSR count). The molecule has 0 radical (unpaired) electrons. The van der Waals surface area contributed by atoms with E-state index in [-0.39, 0.29) is 12.2 Å². The second kappa shape index (κ2) is 7.01. The quantitative estimate of drug-likeness (QED) is 0.671. The molecule has 1 aromatic heterocycles. The first-order valence-corrected chi connectivity index (χ1v) is 7.61. The minimum Gasteiger partial charge on any atom is -0.375 e. The first-order chi connectivity index (χ1) is 9.60. The average molecular weight is 298 g/mol. The molecule has 0 amide bonds. The van der Waals surface area contributed by atoms with Crippen molar-refractivity contribution in [3.8, 4) is 0 Å². The lowest BCUT2D eigenvalue weighted by Gasteiger charge is -2.31. The number of hydrogen-bond acceptors (Lipinski definition) is 5. The highest BCUT2D eigenvalue weighted by atomic mass is 32.1. The lowest BCUT2D eigenvalue weighted by Crippen LogP contribution is -2.47.